The van der Waals surface area contributed by atoms with Crippen molar-refractivity contribution in [2.45, 2.75) is 19.8 Å². The first-order chi connectivity index (χ1) is 7.56. The molecule has 0 saturated carbocycles. The highest BCUT2D eigenvalue weighted by Gasteiger charge is 1.99. The van der Waals surface area contributed by atoms with Crippen LogP contribution in [0.25, 0.3) is 0 Å². The Bertz CT molecular complexity index is 312. The van der Waals surface area contributed by atoms with E-state index in [2.05, 4.69) is 10.5 Å². The molecule has 0 spiro atoms. The third-order valence-electron chi connectivity index (χ3n) is 1.43. The lowest BCUT2D eigenvalue weighted by atomic mass is 10.2. The standard InChI is InChI=1S/C8H10N2O2.C2H4O2/c11-8(10-12)9-6-7-4-2-1-3-5-7;1-2(3)4/h1-5,8-9,11H,6H2;1H3,(H,3,4). The van der Waals surface area contributed by atoms with E-state index in [9.17, 15) is 4.91 Å². The molecule has 1 atom stereocenters. The van der Waals surface area contributed by atoms with Crippen molar-refractivity contribution in [3.05, 3.63) is 40.8 Å². The lowest BCUT2D eigenvalue weighted by Gasteiger charge is -2.04. The maximum atomic E-state index is 9.76. The first kappa shape index (κ1) is 14.2. The van der Waals surface area contributed by atoms with E-state index in [1.807, 2.05) is 30.3 Å². The summed E-state index contributed by atoms with van der Waals surface area (Å²) >= 11 is 0. The number of hydrogen-bond acceptors (Lipinski definition) is 5. The fourth-order valence-electron chi connectivity index (χ4n) is 0.842. The summed E-state index contributed by atoms with van der Waals surface area (Å²) in [5.41, 5.74) is 1.00. The van der Waals surface area contributed by atoms with E-state index in [1.165, 1.54) is 0 Å². The Labute approximate surface area is 92.9 Å². The van der Waals surface area contributed by atoms with Crippen LogP contribution in [0.15, 0.2) is 35.5 Å². The van der Waals surface area contributed by atoms with Gasteiger partial charge in [0.2, 0.25) is 6.35 Å². The summed E-state index contributed by atoms with van der Waals surface area (Å²) in [5, 5.41) is 21.1. The van der Waals surface area contributed by atoms with Crippen LogP contribution in [0, 0.1) is 4.91 Å². The topological polar surface area (TPSA) is 99.0 Å². The number of aliphatic carboxylic acids is 1. The maximum absolute atomic E-state index is 9.76. The molecule has 0 amide bonds. The molecule has 0 heterocycles. The van der Waals surface area contributed by atoms with Crippen LogP contribution in [-0.4, -0.2) is 22.5 Å². The SMILES string of the molecule is CC(=O)O.O=NC(O)NCc1ccccc1. The molecule has 1 unspecified atom stereocenters. The summed E-state index contributed by atoms with van der Waals surface area (Å²) in [4.78, 5) is 18.8. The molecule has 0 aromatic heterocycles. The molecule has 16 heavy (non-hydrogen) atoms. The van der Waals surface area contributed by atoms with Crippen molar-refractivity contribution >= 4 is 5.97 Å². The molecule has 0 aliphatic heterocycles. The Kier molecular flexibility index (Phi) is 7.56. The summed E-state index contributed by atoms with van der Waals surface area (Å²) in [6.45, 7) is 1.52. The number of nitrogens with zero attached hydrogens (tertiary/aromatic N) is 1. The van der Waals surface area contributed by atoms with Gasteiger partial charge in [-0.15, -0.1) is 4.91 Å². The van der Waals surface area contributed by atoms with Crippen molar-refractivity contribution in [3.63, 3.8) is 0 Å². The molecule has 0 bridgehead atoms. The molecule has 1 rings (SSSR count). The van der Waals surface area contributed by atoms with Crippen LogP contribution < -0.4 is 5.32 Å². The van der Waals surface area contributed by atoms with E-state index < -0.39 is 12.3 Å². The summed E-state index contributed by atoms with van der Waals surface area (Å²) in [6, 6.07) is 9.46. The average Bonchev–Trinajstić information content (AvgIpc) is 2.26. The predicted octanol–water partition coefficient (Wildman–Crippen LogP) is 0.909. The molecule has 0 fully saturated rings. The highest BCUT2D eigenvalue weighted by Crippen LogP contribution is 1.97. The maximum Gasteiger partial charge on any atom is 0.300 e. The third-order valence-corrected chi connectivity index (χ3v) is 1.43. The monoisotopic (exact) mass is 226 g/mol. The fourth-order valence-corrected chi connectivity index (χ4v) is 0.842. The van der Waals surface area contributed by atoms with Crippen LogP contribution >= 0.6 is 0 Å². The largest absolute Gasteiger partial charge is 0.481 e. The van der Waals surface area contributed by atoms with E-state index in [-0.39, 0.29) is 0 Å². The minimum absolute atomic E-state index is 0.438. The Morgan fingerprint density at radius 2 is 1.94 bits per heavy atom. The van der Waals surface area contributed by atoms with Crippen LogP contribution in [0.2, 0.25) is 0 Å². The van der Waals surface area contributed by atoms with Crippen LogP contribution in [0.4, 0.5) is 0 Å². The lowest BCUT2D eigenvalue weighted by Crippen LogP contribution is -2.25. The van der Waals surface area contributed by atoms with Gasteiger partial charge in [0.05, 0.1) is 0 Å². The molecule has 0 radical (unpaired) electrons. The van der Waals surface area contributed by atoms with Crippen molar-refractivity contribution in [3.8, 4) is 0 Å². The summed E-state index contributed by atoms with van der Waals surface area (Å²) in [5.74, 6) is -0.833. The molecule has 6 heteroatoms. The number of carboxylic acid groups (broad SMARTS) is 1. The Hall–Kier alpha value is -1.79. The van der Waals surface area contributed by atoms with Crippen molar-refractivity contribution in [1.29, 1.82) is 0 Å². The zero-order chi connectivity index (χ0) is 12.4. The van der Waals surface area contributed by atoms with E-state index in [0.717, 1.165) is 12.5 Å². The normalized spacial score (nSPS) is 10.9. The van der Waals surface area contributed by atoms with Gasteiger partial charge in [-0.25, -0.2) is 0 Å². The van der Waals surface area contributed by atoms with Crippen molar-refractivity contribution in [1.82, 2.24) is 5.32 Å². The van der Waals surface area contributed by atoms with Crippen LogP contribution in [0.1, 0.15) is 12.5 Å². The first-order valence-electron chi connectivity index (χ1n) is 4.53. The molecule has 0 aliphatic carbocycles. The first-order valence-corrected chi connectivity index (χ1v) is 4.53. The minimum atomic E-state index is -1.31. The number of carboxylic acids is 1. The highest BCUT2D eigenvalue weighted by molar-refractivity contribution is 5.62. The number of nitrogens with one attached hydrogen (secondary N) is 1. The zero-order valence-electron chi connectivity index (χ0n) is 8.83. The second-order valence-corrected chi connectivity index (χ2v) is 2.86. The van der Waals surface area contributed by atoms with Gasteiger partial charge in [-0.05, 0) is 10.7 Å². The molecular formula is C10H14N2O4. The number of hydrogen-bond donors (Lipinski definition) is 3. The van der Waals surface area contributed by atoms with Gasteiger partial charge in [0.1, 0.15) is 0 Å². The molecule has 1 aromatic carbocycles. The fraction of sp³-hybridized carbons (Fsp3) is 0.300. The summed E-state index contributed by atoms with van der Waals surface area (Å²) in [7, 11) is 0. The molecule has 0 aliphatic rings. The van der Waals surface area contributed by atoms with Crippen molar-refractivity contribution in [2.75, 3.05) is 0 Å². The van der Waals surface area contributed by atoms with E-state index in [0.29, 0.717) is 6.54 Å². The van der Waals surface area contributed by atoms with Crippen LogP contribution in [-0.2, 0) is 11.3 Å². The molecule has 1 aromatic rings. The van der Waals surface area contributed by atoms with Gasteiger partial charge in [0, 0.05) is 13.5 Å². The van der Waals surface area contributed by atoms with Gasteiger partial charge < -0.3 is 10.2 Å². The smallest absolute Gasteiger partial charge is 0.300 e. The molecule has 3 N–H and O–H groups in total. The van der Waals surface area contributed by atoms with E-state index in [4.69, 9.17) is 15.0 Å². The Balaban J connectivity index is 0.000000487. The van der Waals surface area contributed by atoms with Crippen LogP contribution in [0.5, 0.6) is 0 Å². The van der Waals surface area contributed by atoms with E-state index >= 15 is 0 Å². The number of carbonyl (C=O) groups is 1. The summed E-state index contributed by atoms with van der Waals surface area (Å²) in [6.07, 6.45) is -1.31. The lowest BCUT2D eigenvalue weighted by molar-refractivity contribution is -0.134. The second-order valence-electron chi connectivity index (χ2n) is 2.86. The number of aliphatic hydroxyl groups is 1. The van der Waals surface area contributed by atoms with Gasteiger partial charge in [0.15, 0.2) is 0 Å². The second kappa shape index (κ2) is 8.51. The number of nitroso groups, excluding NO2 is 1. The van der Waals surface area contributed by atoms with E-state index in [1.54, 1.807) is 0 Å². The Morgan fingerprint density at radius 3 is 2.38 bits per heavy atom. The average molecular weight is 226 g/mol. The Morgan fingerprint density at radius 1 is 1.44 bits per heavy atom. The third kappa shape index (κ3) is 8.79. The quantitative estimate of drug-likeness (QED) is 0.523. The van der Waals surface area contributed by atoms with Crippen molar-refractivity contribution in [2.24, 2.45) is 5.18 Å². The summed E-state index contributed by atoms with van der Waals surface area (Å²) < 4.78 is 0. The number of rotatable bonds is 4. The highest BCUT2D eigenvalue weighted by atomic mass is 16.4. The zero-order valence-corrected chi connectivity index (χ0v) is 8.83. The van der Waals surface area contributed by atoms with Gasteiger partial charge in [-0.3, -0.25) is 10.1 Å². The number of aliphatic hydroxyl groups excluding tert-OH is 1. The molecule has 6 nitrogen and oxygen atoms in total. The molecule has 88 valence electrons. The molecular weight excluding hydrogens is 212 g/mol. The minimum Gasteiger partial charge on any atom is -0.481 e. The predicted molar refractivity (Wildman–Crippen MR) is 58.4 cm³/mol. The van der Waals surface area contributed by atoms with Gasteiger partial charge in [-0.2, -0.15) is 0 Å². The molecule has 0 saturated heterocycles. The van der Waals surface area contributed by atoms with Gasteiger partial charge in [0.25, 0.3) is 5.97 Å². The van der Waals surface area contributed by atoms with Crippen molar-refractivity contribution < 1.29 is 15.0 Å². The van der Waals surface area contributed by atoms with Crippen LogP contribution in [0.3, 0.4) is 0 Å². The van der Waals surface area contributed by atoms with Gasteiger partial charge in [-0.1, -0.05) is 30.3 Å². The van der Waals surface area contributed by atoms with Gasteiger partial charge >= 0.3 is 0 Å². The number of benzene rings is 1.